The van der Waals surface area contributed by atoms with Crippen LogP contribution < -0.4 is 10.6 Å². The number of hydrogen-bond donors (Lipinski definition) is 2. The van der Waals surface area contributed by atoms with Crippen molar-refractivity contribution in [3.8, 4) is 0 Å². The van der Waals surface area contributed by atoms with Gasteiger partial charge in [-0.15, -0.1) is 0 Å². The van der Waals surface area contributed by atoms with Crippen LogP contribution in [0.15, 0.2) is 24.3 Å². The highest BCUT2D eigenvalue weighted by molar-refractivity contribution is 7.88. The molecule has 2 N–H and O–H groups in total. The molecular weight excluding hydrogens is 350 g/mol. The predicted molar refractivity (Wildman–Crippen MR) is 102 cm³/mol. The van der Waals surface area contributed by atoms with E-state index < -0.39 is 10.0 Å². The molecule has 6 nitrogen and oxygen atoms in total. The Morgan fingerprint density at radius 1 is 1.04 bits per heavy atom. The van der Waals surface area contributed by atoms with E-state index in [4.69, 9.17) is 0 Å². The highest BCUT2D eigenvalue weighted by Crippen LogP contribution is 2.24. The smallest absolute Gasteiger partial charge is 0.314 e. The maximum atomic E-state index is 12.1. The minimum Gasteiger partial charge on any atom is -0.338 e. The summed E-state index contributed by atoms with van der Waals surface area (Å²) in [6.45, 7) is 2.27. The van der Waals surface area contributed by atoms with Gasteiger partial charge in [0, 0.05) is 26.2 Å². The summed E-state index contributed by atoms with van der Waals surface area (Å²) in [6.07, 6.45) is 6.39. The fraction of sp³-hybridized carbons (Fsp3) is 0.632. The van der Waals surface area contributed by atoms with Gasteiger partial charge < -0.3 is 10.6 Å². The molecule has 1 aromatic rings. The Bertz CT molecular complexity index is 708. The van der Waals surface area contributed by atoms with E-state index in [2.05, 4.69) is 34.9 Å². The third kappa shape index (κ3) is 5.20. The van der Waals surface area contributed by atoms with Crippen LogP contribution in [0, 0.1) is 11.8 Å². The number of hydrogen-bond acceptors (Lipinski definition) is 3. The highest BCUT2D eigenvalue weighted by Gasteiger charge is 2.28. The molecule has 1 aromatic carbocycles. The molecule has 1 atom stereocenters. The van der Waals surface area contributed by atoms with Crippen LogP contribution in [-0.2, 0) is 22.9 Å². The summed E-state index contributed by atoms with van der Waals surface area (Å²) in [4.78, 5) is 12.1. The molecule has 144 valence electrons. The fourth-order valence-electron chi connectivity index (χ4n) is 3.91. The molecule has 0 aromatic heterocycles. The average Bonchev–Trinajstić information content (AvgIpc) is 3.00. The third-order valence-electron chi connectivity index (χ3n) is 5.58. The number of carbonyl (C=O) groups is 1. The highest BCUT2D eigenvalue weighted by atomic mass is 32.2. The fourth-order valence-corrected chi connectivity index (χ4v) is 4.83. The van der Waals surface area contributed by atoms with Crippen molar-refractivity contribution in [1.29, 1.82) is 0 Å². The molecular formula is C19H29N3O3S. The number of fused-ring (bicyclic) bond motifs is 1. The lowest BCUT2D eigenvalue weighted by Gasteiger charge is -2.17. The summed E-state index contributed by atoms with van der Waals surface area (Å²) in [5, 5.41) is 5.89. The van der Waals surface area contributed by atoms with Crippen LogP contribution in [0.1, 0.15) is 30.4 Å². The molecule has 2 aliphatic rings. The quantitative estimate of drug-likeness (QED) is 0.765. The van der Waals surface area contributed by atoms with Gasteiger partial charge in [-0.1, -0.05) is 24.3 Å². The van der Waals surface area contributed by atoms with Gasteiger partial charge in [-0.25, -0.2) is 17.5 Å². The molecule has 1 unspecified atom stereocenters. The monoisotopic (exact) mass is 379 g/mol. The van der Waals surface area contributed by atoms with E-state index >= 15 is 0 Å². The Kier molecular flexibility index (Phi) is 6.19. The van der Waals surface area contributed by atoms with Gasteiger partial charge in [0.25, 0.3) is 0 Å². The molecule has 1 fully saturated rings. The van der Waals surface area contributed by atoms with Gasteiger partial charge in [-0.2, -0.15) is 0 Å². The first-order valence-corrected chi connectivity index (χ1v) is 11.3. The Hall–Kier alpha value is -1.60. The number of nitrogens with one attached hydrogen (secondary N) is 2. The average molecular weight is 380 g/mol. The molecule has 1 heterocycles. The van der Waals surface area contributed by atoms with Crippen molar-refractivity contribution in [2.45, 2.75) is 32.1 Å². The number of benzene rings is 1. The normalized spacial score (nSPS) is 21.8. The van der Waals surface area contributed by atoms with E-state index in [-0.39, 0.29) is 11.9 Å². The summed E-state index contributed by atoms with van der Waals surface area (Å²) < 4.78 is 24.5. The Balaban J connectivity index is 1.36. The number of aryl methyl sites for hydroxylation is 2. The SMILES string of the molecule is CS(=O)(=O)N1CCC(CNC(=O)NCC2CCc3ccccc3CC2)C1. The Labute approximate surface area is 156 Å². The second-order valence-corrected chi connectivity index (χ2v) is 9.56. The number of amides is 2. The minimum atomic E-state index is -3.12. The Morgan fingerprint density at radius 2 is 1.62 bits per heavy atom. The number of carbonyl (C=O) groups excluding carboxylic acids is 1. The number of nitrogens with zero attached hydrogens (tertiary/aromatic N) is 1. The van der Waals surface area contributed by atoms with E-state index in [1.54, 1.807) is 0 Å². The topological polar surface area (TPSA) is 78.5 Å². The van der Waals surface area contributed by atoms with E-state index in [9.17, 15) is 13.2 Å². The lowest BCUT2D eigenvalue weighted by atomic mass is 10.00. The van der Waals surface area contributed by atoms with Crippen LogP contribution in [0.3, 0.4) is 0 Å². The molecule has 0 bridgehead atoms. The first-order chi connectivity index (χ1) is 12.4. The van der Waals surface area contributed by atoms with Crippen LogP contribution in [-0.4, -0.2) is 51.2 Å². The van der Waals surface area contributed by atoms with E-state index in [0.717, 1.165) is 32.1 Å². The van der Waals surface area contributed by atoms with Crippen LogP contribution in [0.5, 0.6) is 0 Å². The second kappa shape index (κ2) is 8.39. The summed E-state index contributed by atoms with van der Waals surface area (Å²) in [5.74, 6) is 0.697. The van der Waals surface area contributed by atoms with Crippen molar-refractivity contribution in [2.24, 2.45) is 11.8 Å². The number of urea groups is 1. The molecule has 2 amide bonds. The standard InChI is InChI=1S/C19H29N3O3S/c1-26(24,25)22-11-10-16(14-22)13-21-19(23)20-12-15-6-8-17-4-2-3-5-18(17)9-7-15/h2-5,15-16H,6-14H2,1H3,(H2,20,21,23). The van der Waals surface area contributed by atoms with Gasteiger partial charge in [0.15, 0.2) is 0 Å². The van der Waals surface area contributed by atoms with E-state index in [1.807, 2.05) is 0 Å². The van der Waals surface area contributed by atoms with Crippen molar-refractivity contribution in [3.63, 3.8) is 0 Å². The molecule has 3 rings (SSSR count). The third-order valence-corrected chi connectivity index (χ3v) is 6.85. The largest absolute Gasteiger partial charge is 0.338 e. The summed E-state index contributed by atoms with van der Waals surface area (Å²) in [5.41, 5.74) is 2.88. The zero-order valence-electron chi connectivity index (χ0n) is 15.4. The second-order valence-electron chi connectivity index (χ2n) is 7.58. The molecule has 0 saturated carbocycles. The molecule has 0 radical (unpaired) electrons. The van der Waals surface area contributed by atoms with E-state index in [1.165, 1.54) is 21.7 Å². The first-order valence-electron chi connectivity index (χ1n) is 9.45. The molecule has 1 saturated heterocycles. The van der Waals surface area contributed by atoms with Gasteiger partial charge in [-0.3, -0.25) is 0 Å². The zero-order chi connectivity index (χ0) is 18.6. The van der Waals surface area contributed by atoms with Crippen LogP contribution in [0.4, 0.5) is 4.79 Å². The van der Waals surface area contributed by atoms with Crippen LogP contribution >= 0.6 is 0 Å². The van der Waals surface area contributed by atoms with Gasteiger partial charge in [-0.05, 0) is 55.1 Å². The van der Waals surface area contributed by atoms with Gasteiger partial charge in [0.1, 0.15) is 0 Å². The summed E-state index contributed by atoms with van der Waals surface area (Å²) in [7, 11) is -3.12. The van der Waals surface area contributed by atoms with Crippen molar-refractivity contribution in [3.05, 3.63) is 35.4 Å². The molecule has 7 heteroatoms. The maximum Gasteiger partial charge on any atom is 0.314 e. The summed E-state index contributed by atoms with van der Waals surface area (Å²) in [6, 6.07) is 8.46. The van der Waals surface area contributed by atoms with Crippen LogP contribution in [0.25, 0.3) is 0 Å². The Morgan fingerprint density at radius 3 is 2.15 bits per heavy atom. The molecule has 26 heavy (non-hydrogen) atoms. The minimum absolute atomic E-state index is 0.149. The van der Waals surface area contributed by atoms with Crippen molar-refractivity contribution in [2.75, 3.05) is 32.4 Å². The lowest BCUT2D eigenvalue weighted by Crippen LogP contribution is -2.41. The van der Waals surface area contributed by atoms with Crippen molar-refractivity contribution >= 4 is 16.1 Å². The van der Waals surface area contributed by atoms with Crippen LogP contribution in [0.2, 0.25) is 0 Å². The van der Waals surface area contributed by atoms with Crippen molar-refractivity contribution < 1.29 is 13.2 Å². The zero-order valence-corrected chi connectivity index (χ0v) is 16.2. The maximum absolute atomic E-state index is 12.1. The number of sulfonamides is 1. The van der Waals surface area contributed by atoms with Crippen molar-refractivity contribution in [1.82, 2.24) is 14.9 Å². The van der Waals surface area contributed by atoms with Gasteiger partial charge in [0.2, 0.25) is 10.0 Å². The predicted octanol–water partition coefficient (Wildman–Crippen LogP) is 1.76. The van der Waals surface area contributed by atoms with Gasteiger partial charge in [0.05, 0.1) is 6.26 Å². The van der Waals surface area contributed by atoms with Gasteiger partial charge >= 0.3 is 6.03 Å². The molecule has 0 spiro atoms. The number of rotatable bonds is 5. The molecule has 1 aliphatic heterocycles. The van der Waals surface area contributed by atoms with E-state index in [0.29, 0.717) is 32.1 Å². The molecule has 1 aliphatic carbocycles. The summed E-state index contributed by atoms with van der Waals surface area (Å²) >= 11 is 0. The lowest BCUT2D eigenvalue weighted by molar-refractivity contribution is 0.236. The first kappa shape index (κ1) is 19.2.